The van der Waals surface area contributed by atoms with E-state index in [-0.39, 0.29) is 30.1 Å². The van der Waals surface area contributed by atoms with Crippen LogP contribution >= 0.6 is 0 Å². The average molecular weight is 407 g/mol. The fourth-order valence-corrected chi connectivity index (χ4v) is 3.37. The van der Waals surface area contributed by atoms with Crippen molar-refractivity contribution in [1.82, 2.24) is 15.5 Å². The minimum absolute atomic E-state index is 0.117. The highest BCUT2D eigenvalue weighted by Crippen LogP contribution is 2.19. The molecule has 2 fully saturated rings. The van der Waals surface area contributed by atoms with E-state index in [1.807, 2.05) is 30.3 Å². The highest BCUT2D eigenvalue weighted by atomic mass is 16.2. The lowest BCUT2D eigenvalue weighted by Crippen LogP contribution is -2.39. The number of urea groups is 2. The van der Waals surface area contributed by atoms with Crippen molar-refractivity contribution in [2.45, 2.75) is 31.3 Å². The van der Waals surface area contributed by atoms with Gasteiger partial charge in [-0.2, -0.15) is 0 Å². The molecule has 5 amide bonds. The Morgan fingerprint density at radius 1 is 0.800 bits per heavy atom. The van der Waals surface area contributed by atoms with Gasteiger partial charge in [-0.05, 0) is 49.6 Å². The first kappa shape index (κ1) is 19.8. The SMILES string of the molecule is O=C(Nc1cccc(C(=O)NC2CCN(C(=O)Nc3ccccc3)C2)c1)NC1CC1. The first-order valence-corrected chi connectivity index (χ1v) is 10.2. The summed E-state index contributed by atoms with van der Waals surface area (Å²) in [6.07, 6.45) is 2.71. The maximum Gasteiger partial charge on any atom is 0.321 e. The number of nitrogens with one attached hydrogen (secondary N) is 4. The van der Waals surface area contributed by atoms with Crippen LogP contribution in [0.4, 0.5) is 21.0 Å². The third-order valence-corrected chi connectivity index (χ3v) is 5.13. The number of hydrogen-bond acceptors (Lipinski definition) is 3. The molecule has 0 spiro atoms. The topological polar surface area (TPSA) is 103 Å². The molecule has 2 aromatic carbocycles. The largest absolute Gasteiger partial charge is 0.347 e. The lowest BCUT2D eigenvalue weighted by Gasteiger charge is -2.18. The monoisotopic (exact) mass is 407 g/mol. The average Bonchev–Trinajstić information content (AvgIpc) is 3.42. The van der Waals surface area contributed by atoms with Crippen LogP contribution in [0.3, 0.4) is 0 Å². The zero-order chi connectivity index (χ0) is 20.9. The molecule has 2 aromatic rings. The second-order valence-corrected chi connectivity index (χ2v) is 7.65. The van der Waals surface area contributed by atoms with Gasteiger partial charge in [-0.1, -0.05) is 24.3 Å². The summed E-state index contributed by atoms with van der Waals surface area (Å²) in [5, 5.41) is 11.4. The van der Waals surface area contributed by atoms with E-state index in [1.165, 1.54) is 0 Å². The van der Waals surface area contributed by atoms with Crippen molar-refractivity contribution in [3.63, 3.8) is 0 Å². The highest BCUT2D eigenvalue weighted by Gasteiger charge is 2.28. The second-order valence-electron chi connectivity index (χ2n) is 7.65. The number of hydrogen-bond donors (Lipinski definition) is 4. The Hall–Kier alpha value is -3.55. The molecule has 1 aliphatic carbocycles. The molecule has 156 valence electrons. The molecular formula is C22H25N5O3. The third-order valence-electron chi connectivity index (χ3n) is 5.13. The number of likely N-dealkylation sites (tertiary alicyclic amines) is 1. The van der Waals surface area contributed by atoms with Crippen LogP contribution in [0.25, 0.3) is 0 Å². The smallest absolute Gasteiger partial charge is 0.321 e. The van der Waals surface area contributed by atoms with Gasteiger partial charge in [0.15, 0.2) is 0 Å². The molecule has 4 N–H and O–H groups in total. The molecule has 1 unspecified atom stereocenters. The maximum atomic E-state index is 12.6. The molecule has 0 bridgehead atoms. The zero-order valence-corrected chi connectivity index (χ0v) is 16.6. The van der Waals surface area contributed by atoms with Gasteiger partial charge in [0.05, 0.1) is 0 Å². The predicted octanol–water partition coefficient (Wildman–Crippen LogP) is 3.01. The van der Waals surface area contributed by atoms with Crippen molar-refractivity contribution < 1.29 is 14.4 Å². The van der Waals surface area contributed by atoms with E-state index in [0.717, 1.165) is 18.5 Å². The van der Waals surface area contributed by atoms with Crippen molar-refractivity contribution in [3.05, 3.63) is 60.2 Å². The van der Waals surface area contributed by atoms with Gasteiger partial charge in [0.25, 0.3) is 5.91 Å². The Bertz CT molecular complexity index is 929. The molecule has 2 aliphatic rings. The lowest BCUT2D eigenvalue weighted by molar-refractivity contribution is 0.0938. The molecule has 1 atom stereocenters. The van der Waals surface area contributed by atoms with Crippen molar-refractivity contribution in [2.24, 2.45) is 0 Å². The quantitative estimate of drug-likeness (QED) is 0.613. The summed E-state index contributed by atoms with van der Waals surface area (Å²) in [5.74, 6) is -0.225. The molecule has 1 saturated heterocycles. The van der Waals surface area contributed by atoms with Crippen molar-refractivity contribution in [2.75, 3.05) is 23.7 Å². The van der Waals surface area contributed by atoms with E-state index in [4.69, 9.17) is 0 Å². The minimum Gasteiger partial charge on any atom is -0.347 e. The molecule has 1 aliphatic heterocycles. The molecule has 8 heteroatoms. The van der Waals surface area contributed by atoms with Gasteiger partial charge < -0.3 is 26.2 Å². The summed E-state index contributed by atoms with van der Waals surface area (Å²) in [5.41, 5.74) is 1.77. The van der Waals surface area contributed by atoms with Gasteiger partial charge >= 0.3 is 12.1 Å². The van der Waals surface area contributed by atoms with Gasteiger partial charge in [-0.25, -0.2) is 9.59 Å². The van der Waals surface area contributed by atoms with Crippen molar-refractivity contribution in [3.8, 4) is 0 Å². The second kappa shape index (κ2) is 8.86. The molecule has 4 rings (SSSR count). The third kappa shape index (κ3) is 5.28. The highest BCUT2D eigenvalue weighted by molar-refractivity contribution is 5.97. The first-order chi connectivity index (χ1) is 14.6. The van der Waals surface area contributed by atoms with E-state index in [9.17, 15) is 14.4 Å². The Morgan fingerprint density at radius 3 is 2.33 bits per heavy atom. The molecule has 1 saturated carbocycles. The van der Waals surface area contributed by atoms with E-state index >= 15 is 0 Å². The van der Waals surface area contributed by atoms with Crippen LogP contribution in [-0.4, -0.2) is 48.0 Å². The Morgan fingerprint density at radius 2 is 1.57 bits per heavy atom. The zero-order valence-electron chi connectivity index (χ0n) is 16.6. The molecular weight excluding hydrogens is 382 g/mol. The summed E-state index contributed by atoms with van der Waals surface area (Å²) in [4.78, 5) is 38.6. The summed E-state index contributed by atoms with van der Waals surface area (Å²) in [6.45, 7) is 1.03. The maximum absolute atomic E-state index is 12.6. The van der Waals surface area contributed by atoms with Crippen LogP contribution < -0.4 is 21.3 Å². The summed E-state index contributed by atoms with van der Waals surface area (Å²) < 4.78 is 0. The normalized spacial score (nSPS) is 17.9. The summed E-state index contributed by atoms with van der Waals surface area (Å²) in [7, 11) is 0. The van der Waals surface area contributed by atoms with Crippen LogP contribution in [-0.2, 0) is 0 Å². The van der Waals surface area contributed by atoms with Crippen LogP contribution in [0.1, 0.15) is 29.6 Å². The summed E-state index contributed by atoms with van der Waals surface area (Å²) in [6, 6.07) is 15.8. The van der Waals surface area contributed by atoms with Gasteiger partial charge in [0.1, 0.15) is 0 Å². The Labute approximate surface area is 175 Å². The predicted molar refractivity (Wildman–Crippen MR) is 115 cm³/mol. The number of nitrogens with zero attached hydrogens (tertiary/aromatic N) is 1. The number of carbonyl (C=O) groups is 3. The number of carbonyl (C=O) groups excluding carboxylic acids is 3. The van der Waals surface area contributed by atoms with Crippen LogP contribution in [0.5, 0.6) is 0 Å². The van der Waals surface area contributed by atoms with E-state index in [2.05, 4.69) is 21.3 Å². The Kier molecular flexibility index (Phi) is 5.83. The minimum atomic E-state index is -0.258. The number of para-hydroxylation sites is 1. The van der Waals surface area contributed by atoms with Gasteiger partial charge in [-0.3, -0.25) is 4.79 Å². The number of benzene rings is 2. The fourth-order valence-electron chi connectivity index (χ4n) is 3.37. The summed E-state index contributed by atoms with van der Waals surface area (Å²) >= 11 is 0. The van der Waals surface area contributed by atoms with Gasteiger partial charge in [-0.15, -0.1) is 0 Å². The molecule has 0 aromatic heterocycles. The van der Waals surface area contributed by atoms with E-state index < -0.39 is 0 Å². The number of anilines is 2. The molecule has 30 heavy (non-hydrogen) atoms. The fraction of sp³-hybridized carbons (Fsp3) is 0.318. The number of rotatable bonds is 5. The van der Waals surface area contributed by atoms with Crippen LogP contribution in [0, 0.1) is 0 Å². The van der Waals surface area contributed by atoms with E-state index in [1.54, 1.807) is 29.2 Å². The molecule has 0 radical (unpaired) electrons. The van der Waals surface area contributed by atoms with Crippen molar-refractivity contribution in [1.29, 1.82) is 0 Å². The Balaban J connectivity index is 1.28. The molecule has 1 heterocycles. The first-order valence-electron chi connectivity index (χ1n) is 10.2. The van der Waals surface area contributed by atoms with Crippen LogP contribution in [0.15, 0.2) is 54.6 Å². The standard InChI is InChI=1S/C22H25N5O3/c28-20(15-5-4-8-18(13-15)25-21(29)24-17-9-10-17)23-19-11-12-27(14-19)22(30)26-16-6-2-1-3-7-16/h1-8,13,17,19H,9-12,14H2,(H,23,28)(H,26,30)(H2,24,25,29). The van der Waals surface area contributed by atoms with E-state index in [0.29, 0.717) is 30.8 Å². The van der Waals surface area contributed by atoms with Crippen molar-refractivity contribution >= 4 is 29.3 Å². The number of amides is 5. The molecule has 8 nitrogen and oxygen atoms in total. The van der Waals surface area contributed by atoms with Crippen LogP contribution in [0.2, 0.25) is 0 Å². The van der Waals surface area contributed by atoms with Gasteiger partial charge in [0, 0.05) is 42.1 Å². The van der Waals surface area contributed by atoms with Gasteiger partial charge in [0.2, 0.25) is 0 Å². The lowest BCUT2D eigenvalue weighted by atomic mass is 10.1.